The lowest BCUT2D eigenvalue weighted by Crippen LogP contribution is -2.45. The first-order valence-electron chi connectivity index (χ1n) is 8.03. The molecule has 1 aliphatic rings. The number of aromatic nitrogens is 4. The fourth-order valence-corrected chi connectivity index (χ4v) is 2.91. The molecule has 0 aromatic carbocycles. The van der Waals surface area contributed by atoms with E-state index in [0.29, 0.717) is 12.6 Å². The highest BCUT2D eigenvalue weighted by atomic mass is 16.2. The minimum atomic E-state index is -0.0561. The molecule has 0 unspecified atom stereocenters. The van der Waals surface area contributed by atoms with Crippen molar-refractivity contribution in [2.45, 2.75) is 32.4 Å². The lowest BCUT2D eigenvalue weighted by atomic mass is 10.0. The van der Waals surface area contributed by atoms with E-state index in [4.69, 9.17) is 0 Å². The van der Waals surface area contributed by atoms with Gasteiger partial charge in [0.2, 0.25) is 5.91 Å². The maximum atomic E-state index is 12.5. The van der Waals surface area contributed by atoms with Crippen LogP contribution in [0, 0.1) is 5.92 Å². The van der Waals surface area contributed by atoms with Gasteiger partial charge in [0.05, 0.1) is 12.5 Å². The summed E-state index contributed by atoms with van der Waals surface area (Å²) in [5.74, 6) is 0.946. The normalized spacial score (nSPS) is 17.0. The SMILES string of the molecule is C[C@H](Cn1cccn1)C(=O)N1CCC(Nc2cccnn2)CC1. The summed E-state index contributed by atoms with van der Waals surface area (Å²) in [5.41, 5.74) is 0. The van der Waals surface area contributed by atoms with Crippen molar-refractivity contribution in [2.75, 3.05) is 18.4 Å². The topological polar surface area (TPSA) is 75.9 Å². The summed E-state index contributed by atoms with van der Waals surface area (Å²) in [4.78, 5) is 14.5. The van der Waals surface area contributed by atoms with Crippen molar-refractivity contribution in [3.8, 4) is 0 Å². The van der Waals surface area contributed by atoms with E-state index < -0.39 is 0 Å². The first kappa shape index (κ1) is 15.5. The third-order valence-electron chi connectivity index (χ3n) is 4.17. The van der Waals surface area contributed by atoms with E-state index in [9.17, 15) is 4.79 Å². The van der Waals surface area contributed by atoms with Gasteiger partial charge in [-0.05, 0) is 31.0 Å². The molecule has 7 nitrogen and oxygen atoms in total. The lowest BCUT2D eigenvalue weighted by Gasteiger charge is -2.34. The summed E-state index contributed by atoms with van der Waals surface area (Å²) < 4.78 is 1.81. The zero-order valence-corrected chi connectivity index (χ0v) is 13.3. The lowest BCUT2D eigenvalue weighted by molar-refractivity contribution is -0.136. The number of nitrogens with zero attached hydrogens (tertiary/aromatic N) is 5. The van der Waals surface area contributed by atoms with Crippen molar-refractivity contribution < 1.29 is 4.79 Å². The minimum absolute atomic E-state index is 0.0561. The minimum Gasteiger partial charge on any atom is -0.366 e. The van der Waals surface area contributed by atoms with E-state index in [1.165, 1.54) is 0 Å². The van der Waals surface area contributed by atoms with Crippen LogP contribution in [0.25, 0.3) is 0 Å². The van der Waals surface area contributed by atoms with Crippen molar-refractivity contribution in [3.05, 3.63) is 36.8 Å². The van der Waals surface area contributed by atoms with E-state index in [2.05, 4.69) is 20.6 Å². The number of hydrogen-bond acceptors (Lipinski definition) is 5. The van der Waals surface area contributed by atoms with Crippen molar-refractivity contribution in [1.29, 1.82) is 0 Å². The third-order valence-corrected chi connectivity index (χ3v) is 4.17. The van der Waals surface area contributed by atoms with Gasteiger partial charge in [-0.25, -0.2) is 0 Å². The van der Waals surface area contributed by atoms with Gasteiger partial charge < -0.3 is 10.2 Å². The number of anilines is 1. The number of nitrogens with one attached hydrogen (secondary N) is 1. The Morgan fingerprint density at radius 2 is 2.17 bits per heavy atom. The molecule has 1 atom stereocenters. The largest absolute Gasteiger partial charge is 0.366 e. The molecule has 0 radical (unpaired) electrons. The van der Waals surface area contributed by atoms with Crippen LogP contribution >= 0.6 is 0 Å². The number of hydrogen-bond donors (Lipinski definition) is 1. The highest BCUT2D eigenvalue weighted by Crippen LogP contribution is 2.17. The van der Waals surface area contributed by atoms with Crippen LogP contribution in [-0.4, -0.2) is 49.9 Å². The summed E-state index contributed by atoms with van der Waals surface area (Å²) in [7, 11) is 0. The molecule has 7 heteroatoms. The first-order valence-corrected chi connectivity index (χ1v) is 8.03. The van der Waals surface area contributed by atoms with Crippen molar-refractivity contribution in [3.63, 3.8) is 0 Å². The molecule has 3 heterocycles. The molecule has 0 saturated carbocycles. The predicted octanol–water partition coefficient (Wildman–Crippen LogP) is 1.41. The summed E-state index contributed by atoms with van der Waals surface area (Å²) >= 11 is 0. The van der Waals surface area contributed by atoms with Crippen LogP contribution in [0.1, 0.15) is 19.8 Å². The van der Waals surface area contributed by atoms with Crippen LogP contribution < -0.4 is 5.32 Å². The quantitative estimate of drug-likeness (QED) is 0.903. The molecule has 2 aromatic rings. The Hall–Kier alpha value is -2.44. The molecule has 23 heavy (non-hydrogen) atoms. The molecule has 1 amide bonds. The summed E-state index contributed by atoms with van der Waals surface area (Å²) in [6.07, 6.45) is 7.14. The molecule has 1 aliphatic heterocycles. The molecule has 3 rings (SSSR count). The van der Waals surface area contributed by atoms with Gasteiger partial charge in [-0.2, -0.15) is 10.2 Å². The van der Waals surface area contributed by atoms with Crippen LogP contribution in [0.15, 0.2) is 36.8 Å². The van der Waals surface area contributed by atoms with Gasteiger partial charge in [-0.1, -0.05) is 6.92 Å². The zero-order valence-electron chi connectivity index (χ0n) is 13.3. The van der Waals surface area contributed by atoms with Gasteiger partial charge in [0.1, 0.15) is 5.82 Å². The molecule has 0 bridgehead atoms. The van der Waals surface area contributed by atoms with E-state index in [0.717, 1.165) is 31.7 Å². The van der Waals surface area contributed by atoms with E-state index in [-0.39, 0.29) is 11.8 Å². The van der Waals surface area contributed by atoms with Gasteiger partial charge in [0.15, 0.2) is 0 Å². The number of rotatable bonds is 5. The second-order valence-corrected chi connectivity index (χ2v) is 5.98. The number of carbonyl (C=O) groups is 1. The molecule has 122 valence electrons. The highest BCUT2D eigenvalue weighted by Gasteiger charge is 2.26. The monoisotopic (exact) mass is 314 g/mol. The van der Waals surface area contributed by atoms with Crippen LogP contribution in [0.2, 0.25) is 0 Å². The van der Waals surface area contributed by atoms with Gasteiger partial charge in [0.25, 0.3) is 0 Å². The van der Waals surface area contributed by atoms with Gasteiger partial charge in [-0.3, -0.25) is 9.48 Å². The summed E-state index contributed by atoms with van der Waals surface area (Å²) in [6, 6.07) is 6.00. The Bertz CT molecular complexity index is 607. The van der Waals surface area contributed by atoms with Crippen LogP contribution in [0.4, 0.5) is 5.82 Å². The average Bonchev–Trinajstić information content (AvgIpc) is 3.09. The van der Waals surface area contributed by atoms with E-state index >= 15 is 0 Å². The zero-order chi connectivity index (χ0) is 16.1. The Morgan fingerprint density at radius 3 is 2.83 bits per heavy atom. The maximum Gasteiger partial charge on any atom is 0.227 e. The number of amides is 1. The molecule has 2 aromatic heterocycles. The third kappa shape index (κ3) is 4.06. The van der Waals surface area contributed by atoms with Gasteiger partial charge in [0, 0.05) is 37.7 Å². The molecule has 1 saturated heterocycles. The van der Waals surface area contributed by atoms with Crippen molar-refractivity contribution in [1.82, 2.24) is 24.9 Å². The van der Waals surface area contributed by atoms with Gasteiger partial charge >= 0.3 is 0 Å². The molecule has 1 N–H and O–H groups in total. The fourth-order valence-electron chi connectivity index (χ4n) is 2.91. The van der Waals surface area contributed by atoms with E-state index in [1.54, 1.807) is 12.4 Å². The second kappa shape index (κ2) is 7.21. The molecule has 0 aliphatic carbocycles. The van der Waals surface area contributed by atoms with Crippen molar-refractivity contribution >= 4 is 11.7 Å². The predicted molar refractivity (Wildman–Crippen MR) is 86.6 cm³/mol. The Morgan fingerprint density at radius 1 is 1.35 bits per heavy atom. The maximum absolute atomic E-state index is 12.5. The molecular weight excluding hydrogens is 292 g/mol. The Labute approximate surface area is 135 Å². The highest BCUT2D eigenvalue weighted by molar-refractivity contribution is 5.78. The second-order valence-electron chi connectivity index (χ2n) is 5.98. The Kier molecular flexibility index (Phi) is 4.85. The fraction of sp³-hybridized carbons (Fsp3) is 0.500. The number of likely N-dealkylation sites (tertiary alicyclic amines) is 1. The van der Waals surface area contributed by atoms with Crippen LogP contribution in [-0.2, 0) is 11.3 Å². The first-order chi connectivity index (χ1) is 11.2. The molecule has 0 spiro atoms. The van der Waals surface area contributed by atoms with Crippen molar-refractivity contribution in [2.24, 2.45) is 5.92 Å². The average molecular weight is 314 g/mol. The number of piperidine rings is 1. The van der Waals surface area contributed by atoms with Crippen LogP contribution in [0.3, 0.4) is 0 Å². The summed E-state index contributed by atoms with van der Waals surface area (Å²) in [5, 5.41) is 15.5. The van der Waals surface area contributed by atoms with E-state index in [1.807, 2.05) is 40.9 Å². The Balaban J connectivity index is 1.47. The molecular formula is C16H22N6O. The standard InChI is InChI=1S/C16H22N6O/c1-13(12-22-9-3-8-18-22)16(23)21-10-5-14(6-11-21)19-15-4-2-7-17-20-15/h2-4,7-9,13-14H,5-6,10-12H2,1H3,(H,19,20)/t13-/m1/s1. The molecule has 1 fully saturated rings. The summed E-state index contributed by atoms with van der Waals surface area (Å²) in [6.45, 7) is 4.15. The van der Waals surface area contributed by atoms with Crippen LogP contribution in [0.5, 0.6) is 0 Å². The smallest absolute Gasteiger partial charge is 0.227 e. The number of carbonyl (C=O) groups excluding carboxylic acids is 1. The van der Waals surface area contributed by atoms with Gasteiger partial charge in [-0.15, -0.1) is 5.10 Å².